The van der Waals surface area contributed by atoms with Gasteiger partial charge in [-0.25, -0.2) is 0 Å². The minimum Gasteiger partial charge on any atom is -0.490 e. The predicted octanol–water partition coefficient (Wildman–Crippen LogP) is 5.76. The second-order valence-electron chi connectivity index (χ2n) is 7.08. The molecule has 3 aromatic rings. The lowest BCUT2D eigenvalue weighted by Gasteiger charge is -2.15. The summed E-state index contributed by atoms with van der Waals surface area (Å²) in [7, 11) is 0. The number of nitrogens with zero attached hydrogens (tertiary/aromatic N) is 1. The summed E-state index contributed by atoms with van der Waals surface area (Å²) in [6.07, 6.45) is 1.58. The molecule has 1 aliphatic rings. The Bertz CT molecular complexity index is 1270. The van der Waals surface area contributed by atoms with Gasteiger partial charge >= 0.3 is 0 Å². The van der Waals surface area contributed by atoms with Crippen molar-refractivity contribution in [3.8, 4) is 17.6 Å². The Morgan fingerprint density at radius 3 is 2.28 bits per heavy atom. The number of benzene rings is 3. The second-order valence-corrected chi connectivity index (χ2v) is 7.94. The Hall–Kier alpha value is -3.69. The molecule has 0 saturated carbocycles. The molecule has 0 unspecified atom stereocenters. The zero-order valence-electron chi connectivity index (χ0n) is 17.2. The van der Waals surface area contributed by atoms with Gasteiger partial charge in [-0.15, -0.1) is 0 Å². The van der Waals surface area contributed by atoms with Crippen LogP contribution < -0.4 is 9.47 Å². The maximum absolute atomic E-state index is 12.7. The molecule has 0 bridgehead atoms. The first-order valence-electron chi connectivity index (χ1n) is 10.0. The molecule has 4 rings (SSSR count). The van der Waals surface area contributed by atoms with Crippen molar-refractivity contribution in [2.75, 3.05) is 6.61 Å². The molecule has 5 nitrogen and oxygen atoms in total. The first kappa shape index (κ1) is 21.5. The molecule has 0 saturated heterocycles. The molecular formula is C26H18BrNO4. The normalized spacial score (nSPS) is 12.3. The summed E-state index contributed by atoms with van der Waals surface area (Å²) < 4.78 is 12.4. The number of carbonyl (C=O) groups is 2. The van der Waals surface area contributed by atoms with E-state index in [4.69, 9.17) is 9.47 Å². The van der Waals surface area contributed by atoms with Gasteiger partial charge in [0, 0.05) is 16.7 Å². The van der Waals surface area contributed by atoms with E-state index in [1.807, 2.05) is 19.1 Å². The summed E-state index contributed by atoms with van der Waals surface area (Å²) in [5, 5.41) is 9.29. The minimum atomic E-state index is -0.284. The number of nitriles is 1. The van der Waals surface area contributed by atoms with Gasteiger partial charge in [-0.05, 0) is 52.7 Å². The molecule has 0 fully saturated rings. The van der Waals surface area contributed by atoms with E-state index in [2.05, 4.69) is 22.0 Å². The lowest BCUT2D eigenvalue weighted by atomic mass is 10.1. The van der Waals surface area contributed by atoms with Gasteiger partial charge in [-0.2, -0.15) is 5.26 Å². The van der Waals surface area contributed by atoms with Crippen molar-refractivity contribution in [3.05, 3.63) is 98.5 Å². The zero-order valence-corrected chi connectivity index (χ0v) is 18.8. The SMILES string of the molecule is CCOc1cc(C=C2C(=O)c3ccccc3C2=O)cc(Br)c1OCc1ccccc1C#N. The maximum Gasteiger partial charge on any atom is 0.197 e. The summed E-state index contributed by atoms with van der Waals surface area (Å²) >= 11 is 3.52. The first-order chi connectivity index (χ1) is 15.5. The fraction of sp³-hybridized carbons (Fsp3) is 0.115. The fourth-order valence-electron chi connectivity index (χ4n) is 3.55. The van der Waals surface area contributed by atoms with Crippen LogP contribution in [0.2, 0.25) is 0 Å². The largest absolute Gasteiger partial charge is 0.490 e. The second kappa shape index (κ2) is 9.21. The van der Waals surface area contributed by atoms with Crippen molar-refractivity contribution >= 4 is 33.6 Å². The first-order valence-corrected chi connectivity index (χ1v) is 10.8. The van der Waals surface area contributed by atoms with Crippen LogP contribution in [0.5, 0.6) is 11.5 Å². The number of ketones is 2. The van der Waals surface area contributed by atoms with Crippen LogP contribution in [0.1, 0.15) is 44.3 Å². The highest BCUT2D eigenvalue weighted by atomic mass is 79.9. The van der Waals surface area contributed by atoms with Gasteiger partial charge in [0.1, 0.15) is 6.61 Å². The summed E-state index contributed by atoms with van der Waals surface area (Å²) in [6, 6.07) is 19.7. The van der Waals surface area contributed by atoms with Crippen LogP contribution in [0.15, 0.2) is 70.7 Å². The summed E-state index contributed by atoms with van der Waals surface area (Å²) in [6.45, 7) is 2.45. The van der Waals surface area contributed by atoms with Crippen molar-refractivity contribution in [1.82, 2.24) is 0 Å². The highest BCUT2D eigenvalue weighted by Gasteiger charge is 2.32. The van der Waals surface area contributed by atoms with Crippen molar-refractivity contribution in [3.63, 3.8) is 0 Å². The number of rotatable bonds is 6. The van der Waals surface area contributed by atoms with Gasteiger partial charge in [0.05, 0.1) is 28.3 Å². The minimum absolute atomic E-state index is 0.122. The molecule has 0 aromatic heterocycles. The van der Waals surface area contributed by atoms with Crippen LogP contribution in [0, 0.1) is 11.3 Å². The average Bonchev–Trinajstić information content (AvgIpc) is 3.04. The Morgan fingerprint density at radius 1 is 0.969 bits per heavy atom. The van der Waals surface area contributed by atoms with E-state index in [0.29, 0.717) is 44.8 Å². The van der Waals surface area contributed by atoms with Gasteiger partial charge in [-0.1, -0.05) is 42.5 Å². The Morgan fingerprint density at radius 2 is 1.62 bits per heavy atom. The molecule has 0 aliphatic heterocycles. The number of carbonyl (C=O) groups excluding carboxylic acids is 2. The number of Topliss-reactive ketones (excluding diaryl/α,β-unsaturated/α-hetero) is 2. The summed E-state index contributed by atoms with van der Waals surface area (Å²) in [5.41, 5.74) is 2.90. The molecule has 1 aliphatic carbocycles. The van der Waals surface area contributed by atoms with Crippen molar-refractivity contribution < 1.29 is 19.1 Å². The summed E-state index contributed by atoms with van der Waals surface area (Å²) in [5.74, 6) is 0.383. The van der Waals surface area contributed by atoms with Crippen LogP contribution in [-0.2, 0) is 6.61 Å². The molecule has 0 radical (unpaired) electrons. The number of hydrogen-bond acceptors (Lipinski definition) is 5. The maximum atomic E-state index is 12.7. The number of halogens is 1. The third-order valence-electron chi connectivity index (χ3n) is 5.06. The molecule has 158 valence electrons. The predicted molar refractivity (Wildman–Crippen MR) is 124 cm³/mol. The smallest absolute Gasteiger partial charge is 0.197 e. The molecule has 0 amide bonds. The molecule has 0 heterocycles. The third-order valence-corrected chi connectivity index (χ3v) is 5.65. The topological polar surface area (TPSA) is 76.4 Å². The van der Waals surface area contributed by atoms with E-state index in [0.717, 1.165) is 5.56 Å². The average molecular weight is 488 g/mol. The fourth-order valence-corrected chi connectivity index (χ4v) is 4.12. The van der Waals surface area contributed by atoms with E-state index in [1.165, 1.54) is 0 Å². The van der Waals surface area contributed by atoms with Crippen molar-refractivity contribution in [2.24, 2.45) is 0 Å². The van der Waals surface area contributed by atoms with Gasteiger partial charge < -0.3 is 9.47 Å². The van der Waals surface area contributed by atoms with Crippen molar-refractivity contribution in [1.29, 1.82) is 5.26 Å². The number of fused-ring (bicyclic) bond motifs is 1. The molecule has 32 heavy (non-hydrogen) atoms. The van der Waals surface area contributed by atoms with E-state index in [9.17, 15) is 14.9 Å². The number of ether oxygens (including phenoxy) is 2. The van der Waals surface area contributed by atoms with Gasteiger partial charge in [0.2, 0.25) is 0 Å². The lowest BCUT2D eigenvalue weighted by Crippen LogP contribution is -2.03. The van der Waals surface area contributed by atoms with Gasteiger partial charge in [-0.3, -0.25) is 9.59 Å². The van der Waals surface area contributed by atoms with E-state index < -0.39 is 0 Å². The zero-order chi connectivity index (χ0) is 22.7. The third kappa shape index (κ3) is 4.08. The van der Waals surface area contributed by atoms with E-state index >= 15 is 0 Å². The molecular weight excluding hydrogens is 470 g/mol. The Kier molecular flexibility index (Phi) is 6.20. The van der Waals surface area contributed by atoms with E-state index in [1.54, 1.807) is 54.6 Å². The molecule has 3 aromatic carbocycles. The Balaban J connectivity index is 1.67. The molecule has 0 N–H and O–H groups in total. The van der Waals surface area contributed by atoms with Gasteiger partial charge in [0.25, 0.3) is 0 Å². The van der Waals surface area contributed by atoms with Crippen LogP contribution in [0.25, 0.3) is 6.08 Å². The monoisotopic (exact) mass is 487 g/mol. The van der Waals surface area contributed by atoms with Crippen LogP contribution in [-0.4, -0.2) is 18.2 Å². The molecule has 0 atom stereocenters. The van der Waals surface area contributed by atoms with E-state index in [-0.39, 0.29) is 23.7 Å². The lowest BCUT2D eigenvalue weighted by molar-refractivity contribution is 0.0990. The number of allylic oxidation sites excluding steroid dienone is 1. The summed E-state index contributed by atoms with van der Waals surface area (Å²) in [4.78, 5) is 25.4. The van der Waals surface area contributed by atoms with Crippen LogP contribution >= 0.6 is 15.9 Å². The molecule has 0 spiro atoms. The highest BCUT2D eigenvalue weighted by molar-refractivity contribution is 9.10. The van der Waals surface area contributed by atoms with Crippen LogP contribution in [0.3, 0.4) is 0 Å². The number of hydrogen-bond donors (Lipinski definition) is 0. The Labute approximate surface area is 194 Å². The van der Waals surface area contributed by atoms with Crippen molar-refractivity contribution in [2.45, 2.75) is 13.5 Å². The molecule has 6 heteroatoms. The highest BCUT2D eigenvalue weighted by Crippen LogP contribution is 2.39. The quantitative estimate of drug-likeness (QED) is 0.326. The standard InChI is InChI=1S/C26H18BrNO4/c1-2-31-23-13-16(11-21-24(29)19-9-5-6-10-20(19)25(21)30)12-22(27)26(23)32-15-18-8-4-3-7-17(18)14-28/h3-13H,2,15H2,1H3. The van der Waals surface area contributed by atoms with Gasteiger partial charge in [0.15, 0.2) is 23.1 Å². The van der Waals surface area contributed by atoms with Crippen LogP contribution in [0.4, 0.5) is 0 Å².